The van der Waals surface area contributed by atoms with E-state index in [1.807, 2.05) is 0 Å². The smallest absolute Gasteiger partial charge is 0.397 e. The Morgan fingerprint density at radius 2 is 2.07 bits per heavy atom. The minimum absolute atomic E-state index is 0.0905. The molecule has 0 bridgehead atoms. The zero-order valence-corrected chi connectivity index (χ0v) is 8.30. The molecular formula is C6H8F2NO5S-. The van der Waals surface area contributed by atoms with Crippen molar-refractivity contribution < 1.29 is 32.9 Å². The van der Waals surface area contributed by atoms with Gasteiger partial charge in [-0.2, -0.15) is 13.1 Å². The molecule has 0 aromatic heterocycles. The van der Waals surface area contributed by atoms with Gasteiger partial charge in [0.15, 0.2) is 0 Å². The summed E-state index contributed by atoms with van der Waals surface area (Å²) in [5, 5.41) is 8.28. The van der Waals surface area contributed by atoms with Crippen molar-refractivity contribution in [3.05, 3.63) is 0 Å². The molecule has 1 amide bonds. The third-order valence-corrected chi connectivity index (χ3v) is 2.22. The van der Waals surface area contributed by atoms with Crippen LogP contribution in [0.25, 0.3) is 0 Å². The van der Waals surface area contributed by atoms with Crippen LogP contribution in [0, 0.1) is 0 Å². The Bertz CT molecular complexity index is 224. The summed E-state index contributed by atoms with van der Waals surface area (Å²) in [4.78, 5) is 12.1. The first kappa shape index (κ1) is 12.6. The molecule has 9 heteroatoms. The van der Waals surface area contributed by atoms with Gasteiger partial charge in [0.05, 0.1) is 13.2 Å². The summed E-state index contributed by atoms with van der Waals surface area (Å²) >= 11 is -0.620. The second-order valence-electron chi connectivity index (χ2n) is 2.64. The second-order valence-corrected chi connectivity index (χ2v) is 3.46. The zero-order chi connectivity index (χ0) is 11.3. The summed E-state index contributed by atoms with van der Waals surface area (Å²) in [5.74, 6) is -1.42. The number of hydrogen-bond donors (Lipinski definition) is 0. The summed E-state index contributed by atoms with van der Waals surface area (Å²) < 4.78 is 34.3. The maximum atomic E-state index is 13.0. The number of rotatable bonds is 4. The van der Waals surface area contributed by atoms with Crippen molar-refractivity contribution in [2.24, 2.45) is 0 Å². The fourth-order valence-electron chi connectivity index (χ4n) is 1.04. The number of carbonyl (C=O) groups excluding carboxylic acids is 1. The van der Waals surface area contributed by atoms with E-state index < -0.39 is 23.2 Å². The van der Waals surface area contributed by atoms with Crippen molar-refractivity contribution in [1.82, 2.24) is 4.90 Å². The van der Waals surface area contributed by atoms with E-state index in [9.17, 15) is 18.8 Å². The lowest BCUT2D eigenvalue weighted by atomic mass is 10.4. The molecule has 1 rings (SSSR count). The van der Waals surface area contributed by atoms with Crippen LogP contribution < -0.4 is 5.26 Å². The van der Waals surface area contributed by atoms with Gasteiger partial charge >= 0.3 is 11.2 Å². The van der Waals surface area contributed by atoms with Crippen LogP contribution in [0.1, 0.15) is 0 Å². The van der Waals surface area contributed by atoms with Crippen LogP contribution in [0.3, 0.4) is 0 Å². The van der Waals surface area contributed by atoms with Gasteiger partial charge < -0.3 is 14.9 Å². The molecule has 0 saturated carbocycles. The van der Waals surface area contributed by atoms with Crippen LogP contribution in [-0.2, 0) is 18.9 Å². The zero-order valence-electron chi connectivity index (χ0n) is 7.48. The van der Waals surface area contributed by atoms with Crippen LogP contribution in [0.4, 0.5) is 8.78 Å². The number of carbonyl (C=O) groups is 1. The maximum Gasteiger partial charge on any atom is 0.397 e. The Balaban J connectivity index is 2.48. The first-order chi connectivity index (χ1) is 7.08. The minimum atomic E-state index is -3.83. The highest BCUT2D eigenvalue weighted by Gasteiger charge is 2.45. The molecule has 1 aliphatic heterocycles. The summed E-state index contributed by atoms with van der Waals surface area (Å²) in [6.07, 6.45) is 0. The van der Waals surface area contributed by atoms with Crippen molar-refractivity contribution in [2.75, 3.05) is 26.3 Å². The highest BCUT2D eigenvalue weighted by Crippen LogP contribution is 2.31. The van der Waals surface area contributed by atoms with Gasteiger partial charge in [0, 0.05) is 13.1 Å². The van der Waals surface area contributed by atoms with Gasteiger partial charge in [0.25, 0.3) is 0 Å². The van der Waals surface area contributed by atoms with E-state index in [0.717, 1.165) is 4.90 Å². The molecule has 0 spiro atoms. The predicted octanol–water partition coefficient (Wildman–Crippen LogP) is -0.690. The number of halogens is 2. The number of nitrogens with zero attached hydrogens (tertiary/aromatic N) is 1. The topological polar surface area (TPSA) is 71.1 Å². The Hall–Kier alpha value is -0.480. The molecule has 0 aliphatic carbocycles. The Labute approximate surface area is 88.1 Å². The van der Waals surface area contributed by atoms with Gasteiger partial charge in [-0.15, -0.1) is 0 Å². The summed E-state index contributed by atoms with van der Waals surface area (Å²) in [6.45, 7) is 0.608. The summed E-state index contributed by atoms with van der Waals surface area (Å²) in [5.41, 5.74) is 0. The van der Waals surface area contributed by atoms with Crippen molar-refractivity contribution in [2.45, 2.75) is 5.25 Å². The minimum Gasteiger partial charge on any atom is -0.691 e. The van der Waals surface area contributed by atoms with Gasteiger partial charge in [0.1, 0.15) is 12.0 Å². The quantitative estimate of drug-likeness (QED) is 0.370. The molecule has 0 aromatic carbocycles. The number of morpholine rings is 1. The van der Waals surface area contributed by atoms with E-state index >= 15 is 0 Å². The lowest BCUT2D eigenvalue weighted by molar-refractivity contribution is -0.777. The molecule has 0 unspecified atom stereocenters. The van der Waals surface area contributed by atoms with E-state index in [-0.39, 0.29) is 26.3 Å². The molecule has 6 nitrogen and oxygen atoms in total. The third-order valence-electron chi connectivity index (χ3n) is 1.71. The Kier molecular flexibility index (Phi) is 4.67. The number of amides is 1. The monoisotopic (exact) mass is 244 g/mol. The number of alkyl halides is 2. The summed E-state index contributed by atoms with van der Waals surface area (Å²) in [7, 11) is 0. The Morgan fingerprint density at radius 3 is 2.60 bits per heavy atom. The van der Waals surface area contributed by atoms with Crippen LogP contribution in [0.5, 0.6) is 0 Å². The molecule has 15 heavy (non-hydrogen) atoms. The molecule has 0 atom stereocenters. The average Bonchev–Trinajstić information content (AvgIpc) is 2.26. The Morgan fingerprint density at radius 1 is 1.47 bits per heavy atom. The van der Waals surface area contributed by atoms with Crippen molar-refractivity contribution in [1.29, 1.82) is 0 Å². The maximum absolute atomic E-state index is 13.0. The average molecular weight is 244 g/mol. The summed E-state index contributed by atoms with van der Waals surface area (Å²) in [6, 6.07) is 0. The van der Waals surface area contributed by atoms with Gasteiger partial charge in [-0.3, -0.25) is 9.83 Å². The molecular weight excluding hydrogens is 236 g/mol. The van der Waals surface area contributed by atoms with Crippen LogP contribution in [-0.4, -0.2) is 42.4 Å². The molecule has 0 aromatic rings. The fourth-order valence-corrected chi connectivity index (χ4v) is 1.36. The first-order valence-corrected chi connectivity index (χ1v) is 4.71. The van der Waals surface area contributed by atoms with E-state index in [1.165, 1.54) is 0 Å². The molecule has 1 aliphatic rings. The largest absolute Gasteiger partial charge is 0.691 e. The van der Waals surface area contributed by atoms with E-state index in [0.29, 0.717) is 0 Å². The van der Waals surface area contributed by atoms with E-state index in [1.54, 1.807) is 0 Å². The highest BCUT2D eigenvalue weighted by atomic mass is 32.2. The molecule has 1 fully saturated rings. The molecule has 0 radical (unpaired) electrons. The molecule has 0 N–H and O–H groups in total. The molecule has 88 valence electrons. The first-order valence-electron chi connectivity index (χ1n) is 3.97. The molecule has 1 saturated heterocycles. The van der Waals surface area contributed by atoms with Crippen LogP contribution in [0.2, 0.25) is 0 Å². The van der Waals surface area contributed by atoms with Crippen LogP contribution >= 0.6 is 12.0 Å². The fraction of sp³-hybridized carbons (Fsp3) is 0.833. The lowest BCUT2D eigenvalue weighted by Gasteiger charge is -2.29. The van der Waals surface area contributed by atoms with E-state index in [2.05, 4.69) is 9.37 Å². The van der Waals surface area contributed by atoms with Gasteiger partial charge in [0.2, 0.25) is 0 Å². The SMILES string of the molecule is O=C(N1CCOCC1)C(F)(F)SOO[O-]. The van der Waals surface area contributed by atoms with Gasteiger partial charge in [-0.05, 0) is 0 Å². The second kappa shape index (κ2) is 5.56. The van der Waals surface area contributed by atoms with Crippen LogP contribution in [0.15, 0.2) is 0 Å². The van der Waals surface area contributed by atoms with Crippen molar-refractivity contribution in [3.63, 3.8) is 0 Å². The normalized spacial score (nSPS) is 17.9. The number of ether oxygens (including phenoxy) is 1. The lowest BCUT2D eigenvalue weighted by Crippen LogP contribution is -2.47. The third kappa shape index (κ3) is 3.54. The molecule has 1 heterocycles. The number of hydrogen-bond acceptors (Lipinski definition) is 6. The van der Waals surface area contributed by atoms with Crippen molar-refractivity contribution in [3.8, 4) is 0 Å². The van der Waals surface area contributed by atoms with Crippen molar-refractivity contribution >= 4 is 17.9 Å². The standard InChI is InChI=1S/C6H9F2NO5S/c7-6(8,15-14-13-11)5(10)9-1-3-12-4-2-9/h11H,1-4H2/p-1. The van der Waals surface area contributed by atoms with Gasteiger partial charge in [-0.1, -0.05) is 0 Å². The highest BCUT2D eigenvalue weighted by molar-refractivity contribution is 7.96. The van der Waals surface area contributed by atoms with Gasteiger partial charge in [-0.25, -0.2) is 0 Å². The van der Waals surface area contributed by atoms with E-state index in [4.69, 9.17) is 4.74 Å². The predicted molar refractivity (Wildman–Crippen MR) is 42.1 cm³/mol.